The van der Waals surface area contributed by atoms with Crippen molar-refractivity contribution in [3.8, 4) is 0 Å². The highest BCUT2D eigenvalue weighted by molar-refractivity contribution is 5.69. The Labute approximate surface area is 126 Å². The van der Waals surface area contributed by atoms with Gasteiger partial charge >= 0.3 is 5.97 Å². The zero-order valence-electron chi connectivity index (χ0n) is 14.2. The molecule has 0 radical (unpaired) electrons. The number of esters is 1. The van der Waals surface area contributed by atoms with E-state index in [-0.39, 0.29) is 5.97 Å². The van der Waals surface area contributed by atoms with Crippen LogP contribution in [0, 0.1) is 11.8 Å². The van der Waals surface area contributed by atoms with E-state index < -0.39 is 0 Å². The maximum Gasteiger partial charge on any atom is 0.305 e. The second-order valence-electron chi connectivity index (χ2n) is 6.48. The molecule has 2 heteroatoms. The Hall–Kier alpha value is -0.530. The molecule has 0 spiro atoms. The van der Waals surface area contributed by atoms with Crippen LogP contribution >= 0.6 is 0 Å². The van der Waals surface area contributed by atoms with E-state index in [9.17, 15) is 4.79 Å². The first-order valence-electron chi connectivity index (χ1n) is 8.66. The van der Waals surface area contributed by atoms with Gasteiger partial charge in [0, 0.05) is 6.42 Å². The lowest BCUT2D eigenvalue weighted by Gasteiger charge is -2.10. The third kappa shape index (κ3) is 12.5. The van der Waals surface area contributed by atoms with Gasteiger partial charge < -0.3 is 4.74 Å². The molecule has 120 valence electrons. The zero-order chi connectivity index (χ0) is 15.2. The van der Waals surface area contributed by atoms with Crippen molar-refractivity contribution in [1.29, 1.82) is 0 Å². The van der Waals surface area contributed by atoms with Crippen LogP contribution in [0.25, 0.3) is 0 Å². The van der Waals surface area contributed by atoms with Gasteiger partial charge in [0.25, 0.3) is 0 Å². The fraction of sp³-hybridized carbons (Fsp3) is 0.944. The Balaban J connectivity index is 3.26. The van der Waals surface area contributed by atoms with Gasteiger partial charge in [0.05, 0.1) is 7.11 Å². The van der Waals surface area contributed by atoms with E-state index in [0.717, 1.165) is 12.3 Å². The largest absolute Gasteiger partial charge is 0.469 e. The number of hydrogen-bond donors (Lipinski definition) is 0. The zero-order valence-corrected chi connectivity index (χ0v) is 14.2. The summed E-state index contributed by atoms with van der Waals surface area (Å²) in [7, 11) is 1.47. The summed E-state index contributed by atoms with van der Waals surface area (Å²) in [6.07, 6.45) is 13.9. The minimum atomic E-state index is -0.0706. The first-order valence-corrected chi connectivity index (χ1v) is 8.66. The number of unbranched alkanes of at least 4 members (excludes halogenated alkanes) is 5. The Bertz CT molecular complexity index is 225. The molecular weight excluding hydrogens is 248 g/mol. The van der Waals surface area contributed by atoms with Crippen molar-refractivity contribution in [2.24, 2.45) is 11.8 Å². The average molecular weight is 284 g/mol. The first kappa shape index (κ1) is 19.5. The van der Waals surface area contributed by atoms with Gasteiger partial charge in [-0.25, -0.2) is 0 Å². The van der Waals surface area contributed by atoms with E-state index in [0.29, 0.717) is 12.3 Å². The van der Waals surface area contributed by atoms with Crippen molar-refractivity contribution in [2.75, 3.05) is 7.11 Å². The van der Waals surface area contributed by atoms with Crippen LogP contribution in [-0.2, 0) is 9.53 Å². The summed E-state index contributed by atoms with van der Waals surface area (Å²) in [6, 6.07) is 0. The highest BCUT2D eigenvalue weighted by Crippen LogP contribution is 2.17. The van der Waals surface area contributed by atoms with Crippen LogP contribution < -0.4 is 0 Å². The topological polar surface area (TPSA) is 26.3 Å². The number of hydrogen-bond acceptors (Lipinski definition) is 2. The summed E-state index contributed by atoms with van der Waals surface area (Å²) >= 11 is 0. The lowest BCUT2D eigenvalue weighted by Crippen LogP contribution is -2.06. The molecule has 0 aromatic carbocycles. The highest BCUT2D eigenvalue weighted by atomic mass is 16.5. The van der Waals surface area contributed by atoms with E-state index in [1.807, 2.05) is 0 Å². The maximum absolute atomic E-state index is 11.1. The van der Waals surface area contributed by atoms with Crippen molar-refractivity contribution in [3.63, 3.8) is 0 Å². The van der Waals surface area contributed by atoms with Gasteiger partial charge in [0.15, 0.2) is 0 Å². The van der Waals surface area contributed by atoms with E-state index >= 15 is 0 Å². The van der Waals surface area contributed by atoms with Crippen LogP contribution in [0.1, 0.15) is 91.4 Å². The van der Waals surface area contributed by atoms with Gasteiger partial charge in [-0.05, 0) is 11.8 Å². The molecule has 0 saturated carbocycles. The quantitative estimate of drug-likeness (QED) is 0.318. The minimum Gasteiger partial charge on any atom is -0.469 e. The third-order valence-corrected chi connectivity index (χ3v) is 4.17. The van der Waals surface area contributed by atoms with E-state index in [1.54, 1.807) is 0 Å². The Kier molecular flexibility index (Phi) is 13.1. The standard InChI is InChI=1S/C18H36O2/c1-5-12-16(2)13-10-8-6-7-9-11-14-17(3)15-18(19)20-4/h16-17H,5-15H2,1-4H3. The molecule has 20 heavy (non-hydrogen) atoms. The molecule has 0 amide bonds. The van der Waals surface area contributed by atoms with Gasteiger partial charge in [-0.3, -0.25) is 4.79 Å². The van der Waals surface area contributed by atoms with Crippen LogP contribution in [0.3, 0.4) is 0 Å². The van der Waals surface area contributed by atoms with Crippen molar-refractivity contribution in [3.05, 3.63) is 0 Å². The molecule has 0 aliphatic heterocycles. The van der Waals surface area contributed by atoms with Gasteiger partial charge in [-0.1, -0.05) is 85.0 Å². The second kappa shape index (κ2) is 13.5. The van der Waals surface area contributed by atoms with Gasteiger partial charge in [0.2, 0.25) is 0 Å². The van der Waals surface area contributed by atoms with Gasteiger partial charge in [0.1, 0.15) is 0 Å². The van der Waals surface area contributed by atoms with E-state index in [1.165, 1.54) is 64.9 Å². The molecule has 0 heterocycles. The van der Waals surface area contributed by atoms with Crippen LogP contribution in [0.4, 0.5) is 0 Å². The molecule has 2 atom stereocenters. The molecule has 0 aliphatic carbocycles. The maximum atomic E-state index is 11.1. The first-order chi connectivity index (χ1) is 9.60. The predicted octanol–water partition coefficient (Wildman–Crippen LogP) is 5.74. The molecule has 0 aliphatic rings. The average Bonchev–Trinajstić information content (AvgIpc) is 2.41. The second-order valence-corrected chi connectivity index (χ2v) is 6.48. The SMILES string of the molecule is CCCC(C)CCCCCCCCC(C)CC(=O)OC. The Morgan fingerprint density at radius 1 is 0.850 bits per heavy atom. The molecular formula is C18H36O2. The Morgan fingerprint density at radius 3 is 1.85 bits per heavy atom. The molecule has 0 fully saturated rings. The van der Waals surface area contributed by atoms with E-state index in [2.05, 4.69) is 20.8 Å². The van der Waals surface area contributed by atoms with Gasteiger partial charge in [-0.15, -0.1) is 0 Å². The van der Waals surface area contributed by atoms with E-state index in [4.69, 9.17) is 4.74 Å². The van der Waals surface area contributed by atoms with Crippen LogP contribution in [0.5, 0.6) is 0 Å². The molecule has 0 aromatic heterocycles. The number of carbonyl (C=O) groups excluding carboxylic acids is 1. The third-order valence-electron chi connectivity index (χ3n) is 4.17. The molecule has 0 saturated heterocycles. The number of methoxy groups -OCH3 is 1. The Morgan fingerprint density at radius 2 is 1.35 bits per heavy atom. The summed E-state index contributed by atoms with van der Waals surface area (Å²) in [6.45, 7) is 6.80. The number of ether oxygens (including phenoxy) is 1. The number of rotatable bonds is 13. The van der Waals surface area contributed by atoms with Crippen molar-refractivity contribution < 1.29 is 9.53 Å². The lowest BCUT2D eigenvalue weighted by molar-refractivity contribution is -0.141. The summed E-state index contributed by atoms with van der Waals surface area (Å²) < 4.78 is 4.69. The fourth-order valence-corrected chi connectivity index (χ4v) is 2.80. The molecule has 0 rings (SSSR count). The lowest BCUT2D eigenvalue weighted by atomic mass is 9.97. The van der Waals surface area contributed by atoms with Crippen molar-refractivity contribution >= 4 is 5.97 Å². The minimum absolute atomic E-state index is 0.0706. The van der Waals surface area contributed by atoms with Gasteiger partial charge in [-0.2, -0.15) is 0 Å². The van der Waals surface area contributed by atoms with Crippen LogP contribution in [0.15, 0.2) is 0 Å². The molecule has 0 N–H and O–H groups in total. The molecule has 0 bridgehead atoms. The smallest absolute Gasteiger partial charge is 0.305 e. The predicted molar refractivity (Wildman–Crippen MR) is 86.8 cm³/mol. The number of carbonyl (C=O) groups is 1. The van der Waals surface area contributed by atoms with Crippen LogP contribution in [-0.4, -0.2) is 13.1 Å². The summed E-state index contributed by atoms with van der Waals surface area (Å²) in [4.78, 5) is 11.1. The molecule has 2 unspecified atom stereocenters. The van der Waals surface area contributed by atoms with Crippen LogP contribution in [0.2, 0.25) is 0 Å². The normalized spacial score (nSPS) is 14.0. The molecule has 2 nitrogen and oxygen atoms in total. The van der Waals surface area contributed by atoms with Crippen molar-refractivity contribution in [1.82, 2.24) is 0 Å². The van der Waals surface area contributed by atoms with Crippen molar-refractivity contribution in [2.45, 2.75) is 91.4 Å². The summed E-state index contributed by atoms with van der Waals surface area (Å²) in [5.41, 5.74) is 0. The fourth-order valence-electron chi connectivity index (χ4n) is 2.80. The summed E-state index contributed by atoms with van der Waals surface area (Å²) in [5, 5.41) is 0. The highest BCUT2D eigenvalue weighted by Gasteiger charge is 2.08. The summed E-state index contributed by atoms with van der Waals surface area (Å²) in [5.74, 6) is 1.32. The molecule has 0 aromatic rings. The monoisotopic (exact) mass is 284 g/mol.